The largest absolute Gasteiger partial charge is 0.480 e. The standard InChI is InChI=1S/C16H18N2O5.2CH4/c1-16(2,17)12(19)8-7-11(15(22)23)18-13(20)9-5-3-4-6-10(9)14(18)21;;/h3-6,11H,7-8,17H2,1-2H3,(H,22,23);2*1H4. The molecule has 0 saturated heterocycles. The maximum absolute atomic E-state index is 12.3. The van der Waals surface area contributed by atoms with Crippen LogP contribution in [-0.4, -0.2) is 45.2 Å². The van der Waals surface area contributed by atoms with E-state index in [-0.39, 0.29) is 44.6 Å². The van der Waals surface area contributed by atoms with E-state index in [4.69, 9.17) is 5.73 Å². The van der Waals surface area contributed by atoms with Crippen LogP contribution in [0.2, 0.25) is 0 Å². The second-order valence-electron chi connectivity index (χ2n) is 6.06. The highest BCUT2D eigenvalue weighted by molar-refractivity contribution is 6.22. The Kier molecular flexibility index (Phi) is 7.21. The first-order valence-electron chi connectivity index (χ1n) is 7.16. The molecule has 0 bridgehead atoms. The van der Waals surface area contributed by atoms with E-state index in [1.807, 2.05) is 0 Å². The normalized spacial score (nSPS) is 14.3. The minimum Gasteiger partial charge on any atom is -0.480 e. The molecule has 1 heterocycles. The number of imide groups is 1. The topological polar surface area (TPSA) is 118 Å². The summed E-state index contributed by atoms with van der Waals surface area (Å²) in [6.07, 6.45) is -0.297. The fourth-order valence-corrected chi connectivity index (χ4v) is 2.44. The summed E-state index contributed by atoms with van der Waals surface area (Å²) in [6.45, 7) is 3.04. The van der Waals surface area contributed by atoms with Crippen LogP contribution in [0.15, 0.2) is 24.3 Å². The average Bonchev–Trinajstić information content (AvgIpc) is 2.71. The Morgan fingerprint density at radius 3 is 1.92 bits per heavy atom. The Morgan fingerprint density at radius 2 is 1.56 bits per heavy atom. The molecule has 138 valence electrons. The molecular formula is C18H26N2O5. The Hall–Kier alpha value is -2.54. The number of aliphatic carboxylic acids is 1. The molecule has 0 spiro atoms. The van der Waals surface area contributed by atoms with Gasteiger partial charge in [-0.15, -0.1) is 0 Å². The van der Waals surface area contributed by atoms with Gasteiger partial charge >= 0.3 is 5.97 Å². The summed E-state index contributed by atoms with van der Waals surface area (Å²) in [7, 11) is 0. The van der Waals surface area contributed by atoms with Gasteiger partial charge in [0.2, 0.25) is 0 Å². The molecule has 1 aliphatic rings. The van der Waals surface area contributed by atoms with Gasteiger partial charge in [0.05, 0.1) is 16.7 Å². The third-order valence-corrected chi connectivity index (χ3v) is 3.79. The molecule has 0 saturated carbocycles. The maximum atomic E-state index is 12.3. The van der Waals surface area contributed by atoms with Crippen LogP contribution in [0.3, 0.4) is 0 Å². The van der Waals surface area contributed by atoms with Gasteiger partial charge in [0, 0.05) is 6.42 Å². The molecule has 1 aliphatic heterocycles. The van der Waals surface area contributed by atoms with Crippen molar-refractivity contribution in [3.05, 3.63) is 35.4 Å². The number of fused-ring (bicyclic) bond motifs is 1. The summed E-state index contributed by atoms with van der Waals surface area (Å²) >= 11 is 0. The summed E-state index contributed by atoms with van der Waals surface area (Å²) < 4.78 is 0. The molecule has 1 aromatic rings. The van der Waals surface area contributed by atoms with Gasteiger partial charge < -0.3 is 10.8 Å². The molecule has 7 heteroatoms. The number of nitrogens with two attached hydrogens (primary N) is 1. The van der Waals surface area contributed by atoms with Crippen molar-refractivity contribution in [3.8, 4) is 0 Å². The van der Waals surface area contributed by atoms with Crippen LogP contribution in [0, 0.1) is 0 Å². The predicted molar refractivity (Wildman–Crippen MR) is 94.3 cm³/mol. The van der Waals surface area contributed by atoms with Crippen LogP contribution in [0.4, 0.5) is 0 Å². The number of carboxylic acid groups (broad SMARTS) is 1. The first-order chi connectivity index (χ1) is 10.6. The minimum absolute atomic E-state index is 0. The second kappa shape index (κ2) is 8.02. The zero-order valence-electron chi connectivity index (χ0n) is 12.9. The molecule has 25 heavy (non-hydrogen) atoms. The Labute approximate surface area is 147 Å². The van der Waals surface area contributed by atoms with Gasteiger partial charge in [-0.1, -0.05) is 27.0 Å². The van der Waals surface area contributed by atoms with Gasteiger partial charge in [-0.25, -0.2) is 4.79 Å². The van der Waals surface area contributed by atoms with Crippen LogP contribution >= 0.6 is 0 Å². The van der Waals surface area contributed by atoms with E-state index < -0.39 is 29.4 Å². The third kappa shape index (κ3) is 4.30. The van der Waals surface area contributed by atoms with Gasteiger partial charge in [0.15, 0.2) is 5.78 Å². The number of hydrogen-bond donors (Lipinski definition) is 2. The Bertz CT molecular complexity index is 656. The zero-order chi connectivity index (χ0) is 17.4. The fourth-order valence-electron chi connectivity index (χ4n) is 2.44. The number of carbonyl (C=O) groups excluding carboxylic acids is 3. The predicted octanol–water partition coefficient (Wildman–Crippen LogP) is 2.09. The first kappa shape index (κ1) is 22.5. The molecular weight excluding hydrogens is 324 g/mol. The lowest BCUT2D eigenvalue weighted by Crippen LogP contribution is -2.47. The quantitative estimate of drug-likeness (QED) is 0.759. The van der Waals surface area contributed by atoms with E-state index in [0.717, 1.165) is 0 Å². The number of Topliss-reactive ketones (excluding diaryl/α,β-unsaturated/α-hetero) is 1. The molecule has 2 rings (SSSR count). The number of amides is 2. The van der Waals surface area contributed by atoms with Gasteiger partial charge in [0.25, 0.3) is 11.8 Å². The highest BCUT2D eigenvalue weighted by Gasteiger charge is 2.43. The zero-order valence-corrected chi connectivity index (χ0v) is 12.9. The third-order valence-electron chi connectivity index (χ3n) is 3.79. The van der Waals surface area contributed by atoms with Crippen molar-refractivity contribution in [1.29, 1.82) is 0 Å². The van der Waals surface area contributed by atoms with Gasteiger partial charge in [-0.2, -0.15) is 0 Å². The fraction of sp³-hybridized carbons (Fsp3) is 0.444. The molecule has 1 aromatic carbocycles. The van der Waals surface area contributed by atoms with Crippen LogP contribution in [0.1, 0.15) is 62.3 Å². The summed E-state index contributed by atoms with van der Waals surface area (Å²) in [4.78, 5) is 48.7. The first-order valence-corrected chi connectivity index (χ1v) is 7.16. The number of carbonyl (C=O) groups is 4. The van der Waals surface area contributed by atoms with E-state index in [1.54, 1.807) is 12.1 Å². The maximum Gasteiger partial charge on any atom is 0.326 e. The molecule has 0 aromatic heterocycles. The number of carboxylic acids is 1. The van der Waals surface area contributed by atoms with Crippen LogP contribution in [-0.2, 0) is 9.59 Å². The van der Waals surface area contributed by atoms with Crippen molar-refractivity contribution in [2.24, 2.45) is 5.73 Å². The van der Waals surface area contributed by atoms with E-state index in [2.05, 4.69) is 0 Å². The minimum atomic E-state index is -1.39. The second-order valence-corrected chi connectivity index (χ2v) is 6.06. The van der Waals surface area contributed by atoms with Crippen LogP contribution < -0.4 is 5.73 Å². The molecule has 0 fully saturated rings. The van der Waals surface area contributed by atoms with Crippen molar-refractivity contribution >= 4 is 23.6 Å². The highest BCUT2D eigenvalue weighted by Crippen LogP contribution is 2.26. The van der Waals surface area contributed by atoms with Crippen molar-refractivity contribution in [2.75, 3.05) is 0 Å². The van der Waals surface area contributed by atoms with Crippen molar-refractivity contribution in [2.45, 2.75) is 53.1 Å². The number of hydrogen-bond acceptors (Lipinski definition) is 5. The van der Waals surface area contributed by atoms with E-state index >= 15 is 0 Å². The molecule has 2 amide bonds. The van der Waals surface area contributed by atoms with Gasteiger partial charge in [-0.05, 0) is 32.4 Å². The van der Waals surface area contributed by atoms with Crippen molar-refractivity contribution in [3.63, 3.8) is 0 Å². The summed E-state index contributed by atoms with van der Waals surface area (Å²) in [5, 5.41) is 9.38. The summed E-state index contributed by atoms with van der Waals surface area (Å²) in [5.74, 6) is -2.97. The molecule has 3 N–H and O–H groups in total. The average molecular weight is 350 g/mol. The van der Waals surface area contributed by atoms with Gasteiger partial charge in [-0.3, -0.25) is 19.3 Å². The van der Waals surface area contributed by atoms with E-state index in [0.29, 0.717) is 4.90 Å². The summed E-state index contributed by atoms with van der Waals surface area (Å²) in [5.41, 5.74) is 4.93. The number of nitrogens with zero attached hydrogens (tertiary/aromatic N) is 1. The molecule has 0 radical (unpaired) electrons. The number of benzene rings is 1. The Balaban J connectivity index is 0.00000288. The monoisotopic (exact) mass is 350 g/mol. The number of ketones is 1. The number of rotatable bonds is 6. The van der Waals surface area contributed by atoms with Crippen LogP contribution in [0.25, 0.3) is 0 Å². The van der Waals surface area contributed by atoms with Crippen molar-refractivity contribution in [1.82, 2.24) is 4.90 Å². The van der Waals surface area contributed by atoms with Gasteiger partial charge in [0.1, 0.15) is 6.04 Å². The molecule has 0 aliphatic carbocycles. The molecule has 7 nitrogen and oxygen atoms in total. The molecule has 1 atom stereocenters. The Morgan fingerprint density at radius 1 is 1.12 bits per heavy atom. The highest BCUT2D eigenvalue weighted by atomic mass is 16.4. The smallest absolute Gasteiger partial charge is 0.326 e. The van der Waals surface area contributed by atoms with Crippen LogP contribution in [0.5, 0.6) is 0 Å². The van der Waals surface area contributed by atoms with E-state index in [9.17, 15) is 24.3 Å². The van der Waals surface area contributed by atoms with Crippen molar-refractivity contribution < 1.29 is 24.3 Å². The van der Waals surface area contributed by atoms with E-state index in [1.165, 1.54) is 26.0 Å². The lowest BCUT2D eigenvalue weighted by atomic mass is 9.95. The SMILES string of the molecule is C.C.CC(C)(N)C(=O)CCC(C(=O)O)N1C(=O)c2ccccc2C1=O. The molecule has 1 unspecified atom stereocenters. The summed E-state index contributed by atoms with van der Waals surface area (Å²) in [6, 6.07) is 4.76. The lowest BCUT2D eigenvalue weighted by molar-refractivity contribution is -0.142. The lowest BCUT2D eigenvalue weighted by Gasteiger charge is -2.24.